The van der Waals surface area contributed by atoms with Crippen LogP contribution in [0, 0.1) is 0 Å². The molecule has 1 N–H and O–H groups in total. The molecule has 0 aromatic heterocycles. The van der Waals surface area contributed by atoms with Crippen LogP contribution in [0.2, 0.25) is 0 Å². The normalized spacial score (nSPS) is 11.5. The average molecular weight is 353 g/mol. The molecule has 1 nitrogen and oxygen atoms in total. The van der Waals surface area contributed by atoms with Crippen molar-refractivity contribution in [2.24, 2.45) is 0 Å². The second kappa shape index (κ2) is 9.80. The van der Waals surface area contributed by atoms with E-state index in [0.29, 0.717) is 17.6 Å². The van der Waals surface area contributed by atoms with E-state index in [1.807, 2.05) is 6.07 Å². The molecular formula is C25H36O. The van der Waals surface area contributed by atoms with E-state index in [4.69, 9.17) is 0 Å². The Morgan fingerprint density at radius 2 is 1.50 bits per heavy atom. The summed E-state index contributed by atoms with van der Waals surface area (Å²) in [6.07, 6.45) is 7.20. The van der Waals surface area contributed by atoms with Crippen molar-refractivity contribution in [3.8, 4) is 16.9 Å². The zero-order chi connectivity index (χ0) is 19.1. The van der Waals surface area contributed by atoms with E-state index in [-0.39, 0.29) is 0 Å². The third kappa shape index (κ3) is 4.90. The minimum Gasteiger partial charge on any atom is -0.508 e. The average Bonchev–Trinajstić information content (AvgIpc) is 2.62. The number of rotatable bonds is 9. The van der Waals surface area contributed by atoms with Gasteiger partial charge in [-0.1, -0.05) is 90.6 Å². The van der Waals surface area contributed by atoms with Crippen LogP contribution in [0.1, 0.15) is 95.2 Å². The SMILES string of the molecule is CCCCCCCc1c(O)cc(C(C)C)c(C(C)C)c1-c1ccccc1. The highest BCUT2D eigenvalue weighted by Crippen LogP contribution is 2.42. The van der Waals surface area contributed by atoms with Gasteiger partial charge in [0.2, 0.25) is 0 Å². The highest BCUT2D eigenvalue weighted by molar-refractivity contribution is 5.76. The second-order valence-electron chi connectivity index (χ2n) is 8.09. The van der Waals surface area contributed by atoms with Crippen LogP contribution in [0.4, 0.5) is 0 Å². The second-order valence-corrected chi connectivity index (χ2v) is 8.09. The summed E-state index contributed by atoms with van der Waals surface area (Å²) in [5, 5.41) is 10.9. The molecular weight excluding hydrogens is 316 g/mol. The first kappa shape index (κ1) is 20.6. The number of unbranched alkanes of at least 4 members (excludes halogenated alkanes) is 4. The lowest BCUT2D eigenvalue weighted by Gasteiger charge is -2.25. The monoisotopic (exact) mass is 352 g/mol. The van der Waals surface area contributed by atoms with Crippen molar-refractivity contribution in [1.82, 2.24) is 0 Å². The molecule has 0 saturated heterocycles. The van der Waals surface area contributed by atoms with Gasteiger partial charge in [-0.2, -0.15) is 0 Å². The van der Waals surface area contributed by atoms with Crippen molar-refractivity contribution in [2.75, 3.05) is 0 Å². The Kier molecular flexibility index (Phi) is 7.75. The van der Waals surface area contributed by atoms with Crippen molar-refractivity contribution < 1.29 is 5.11 Å². The summed E-state index contributed by atoms with van der Waals surface area (Å²) < 4.78 is 0. The molecule has 0 amide bonds. The Morgan fingerprint density at radius 3 is 2.08 bits per heavy atom. The van der Waals surface area contributed by atoms with E-state index in [9.17, 15) is 5.11 Å². The number of hydrogen-bond donors (Lipinski definition) is 1. The van der Waals surface area contributed by atoms with Gasteiger partial charge in [0.15, 0.2) is 0 Å². The maximum atomic E-state index is 10.9. The van der Waals surface area contributed by atoms with Crippen LogP contribution >= 0.6 is 0 Å². The minimum atomic E-state index is 0.402. The van der Waals surface area contributed by atoms with Gasteiger partial charge in [0, 0.05) is 5.56 Å². The van der Waals surface area contributed by atoms with E-state index in [0.717, 1.165) is 18.4 Å². The molecule has 0 heterocycles. The summed E-state index contributed by atoms with van der Waals surface area (Å²) in [6.45, 7) is 11.2. The summed E-state index contributed by atoms with van der Waals surface area (Å²) in [4.78, 5) is 0. The molecule has 2 rings (SSSR count). The first-order valence-corrected chi connectivity index (χ1v) is 10.4. The van der Waals surface area contributed by atoms with Crippen molar-refractivity contribution in [1.29, 1.82) is 0 Å². The zero-order valence-electron chi connectivity index (χ0n) is 17.3. The van der Waals surface area contributed by atoms with E-state index in [1.54, 1.807) is 0 Å². The standard InChI is InChI=1S/C25H36O/c1-6-7-8-9-13-16-21-23(26)17-22(18(2)3)24(19(4)5)25(21)20-14-11-10-12-15-20/h10-12,14-15,17-19,26H,6-9,13,16H2,1-5H3. The number of hydrogen-bond acceptors (Lipinski definition) is 1. The number of phenolic OH excluding ortho intramolecular Hbond substituents is 1. The van der Waals surface area contributed by atoms with Crippen molar-refractivity contribution in [2.45, 2.75) is 85.0 Å². The minimum absolute atomic E-state index is 0.402. The Morgan fingerprint density at radius 1 is 0.846 bits per heavy atom. The molecule has 0 aliphatic heterocycles. The maximum absolute atomic E-state index is 10.9. The number of phenols is 1. The predicted molar refractivity (Wildman–Crippen MR) is 114 cm³/mol. The van der Waals surface area contributed by atoms with Crippen molar-refractivity contribution >= 4 is 0 Å². The Bertz CT molecular complexity index is 683. The van der Waals surface area contributed by atoms with E-state index in [1.165, 1.54) is 47.9 Å². The third-order valence-corrected chi connectivity index (χ3v) is 5.28. The fourth-order valence-corrected chi connectivity index (χ4v) is 3.94. The lowest BCUT2D eigenvalue weighted by molar-refractivity contribution is 0.464. The van der Waals surface area contributed by atoms with E-state index < -0.39 is 0 Å². The Balaban J connectivity index is 2.53. The summed E-state index contributed by atoms with van der Waals surface area (Å²) in [7, 11) is 0. The van der Waals surface area contributed by atoms with Gasteiger partial charge in [-0.25, -0.2) is 0 Å². The van der Waals surface area contributed by atoms with Gasteiger partial charge >= 0.3 is 0 Å². The van der Waals surface area contributed by atoms with E-state index >= 15 is 0 Å². The fourth-order valence-electron chi connectivity index (χ4n) is 3.94. The maximum Gasteiger partial charge on any atom is 0.119 e. The first-order valence-electron chi connectivity index (χ1n) is 10.4. The molecule has 0 unspecified atom stereocenters. The molecule has 2 aromatic carbocycles. The highest BCUT2D eigenvalue weighted by atomic mass is 16.3. The van der Waals surface area contributed by atoms with Crippen LogP contribution in [0.5, 0.6) is 5.75 Å². The molecule has 2 aromatic rings. The van der Waals surface area contributed by atoms with Gasteiger partial charge in [0.1, 0.15) is 5.75 Å². The Labute approximate surface area is 160 Å². The van der Waals surface area contributed by atoms with Crippen molar-refractivity contribution in [3.63, 3.8) is 0 Å². The van der Waals surface area contributed by atoms with E-state index in [2.05, 4.69) is 65.0 Å². The third-order valence-electron chi connectivity index (χ3n) is 5.28. The van der Waals surface area contributed by atoms with Gasteiger partial charge < -0.3 is 5.11 Å². The fraction of sp³-hybridized carbons (Fsp3) is 0.520. The van der Waals surface area contributed by atoms with Crippen LogP contribution < -0.4 is 0 Å². The lowest BCUT2D eigenvalue weighted by atomic mass is 9.80. The van der Waals surface area contributed by atoms with Crippen LogP contribution in [0.3, 0.4) is 0 Å². The highest BCUT2D eigenvalue weighted by Gasteiger charge is 2.22. The number of benzene rings is 2. The molecule has 0 aliphatic carbocycles. The first-order chi connectivity index (χ1) is 12.5. The molecule has 26 heavy (non-hydrogen) atoms. The van der Waals surface area contributed by atoms with Gasteiger partial charge in [-0.05, 0) is 53.0 Å². The Hall–Kier alpha value is -1.76. The molecule has 142 valence electrons. The predicted octanol–water partition coefficient (Wildman–Crippen LogP) is 7.82. The smallest absolute Gasteiger partial charge is 0.119 e. The molecule has 1 heteroatoms. The molecule has 0 radical (unpaired) electrons. The summed E-state index contributed by atoms with van der Waals surface area (Å²) in [6, 6.07) is 12.7. The largest absolute Gasteiger partial charge is 0.508 e. The molecule has 0 atom stereocenters. The van der Waals surface area contributed by atoms with Gasteiger partial charge in [-0.3, -0.25) is 0 Å². The van der Waals surface area contributed by atoms with Crippen LogP contribution in [-0.2, 0) is 6.42 Å². The summed E-state index contributed by atoms with van der Waals surface area (Å²) in [5.41, 5.74) is 6.34. The van der Waals surface area contributed by atoms with Crippen molar-refractivity contribution in [3.05, 3.63) is 53.1 Å². The van der Waals surface area contributed by atoms with Gasteiger partial charge in [-0.15, -0.1) is 0 Å². The topological polar surface area (TPSA) is 20.2 Å². The van der Waals surface area contributed by atoms with Crippen LogP contribution in [0.25, 0.3) is 11.1 Å². The van der Waals surface area contributed by atoms with Gasteiger partial charge in [0.05, 0.1) is 0 Å². The number of aromatic hydroxyl groups is 1. The van der Waals surface area contributed by atoms with Crippen LogP contribution in [-0.4, -0.2) is 5.11 Å². The lowest BCUT2D eigenvalue weighted by Crippen LogP contribution is -2.06. The zero-order valence-corrected chi connectivity index (χ0v) is 17.3. The quantitative estimate of drug-likeness (QED) is 0.456. The summed E-state index contributed by atoms with van der Waals surface area (Å²) in [5.74, 6) is 1.31. The molecule has 0 fully saturated rings. The van der Waals surface area contributed by atoms with Gasteiger partial charge in [0.25, 0.3) is 0 Å². The molecule has 0 spiro atoms. The molecule has 0 aliphatic rings. The summed E-state index contributed by atoms with van der Waals surface area (Å²) >= 11 is 0. The molecule has 0 saturated carbocycles. The van der Waals surface area contributed by atoms with Crippen LogP contribution in [0.15, 0.2) is 36.4 Å². The molecule has 0 bridgehead atoms.